The molecule has 0 spiro atoms. The van der Waals surface area contributed by atoms with Crippen molar-refractivity contribution in [3.63, 3.8) is 0 Å². The highest BCUT2D eigenvalue weighted by Crippen LogP contribution is 2.22. The summed E-state index contributed by atoms with van der Waals surface area (Å²) in [5.74, 6) is 0. The molecule has 0 aromatic carbocycles. The summed E-state index contributed by atoms with van der Waals surface area (Å²) in [7, 11) is 0. The van der Waals surface area contributed by atoms with Gasteiger partial charge in [0, 0.05) is 18.1 Å². The van der Waals surface area contributed by atoms with Gasteiger partial charge in [-0.3, -0.25) is 0 Å². The maximum absolute atomic E-state index is 4.26. The summed E-state index contributed by atoms with van der Waals surface area (Å²) in [5, 5.41) is 0. The molecule has 2 nitrogen and oxygen atoms in total. The van der Waals surface area contributed by atoms with Gasteiger partial charge in [0.15, 0.2) is 0 Å². The summed E-state index contributed by atoms with van der Waals surface area (Å²) in [6.07, 6.45) is 7.67. The summed E-state index contributed by atoms with van der Waals surface area (Å²) < 4.78 is 2.21. The first-order valence-electron chi connectivity index (χ1n) is 4.39. The molecule has 0 saturated heterocycles. The van der Waals surface area contributed by atoms with Gasteiger partial charge in [0.25, 0.3) is 0 Å². The molecule has 0 unspecified atom stereocenters. The quantitative estimate of drug-likeness (QED) is 0.571. The van der Waals surface area contributed by atoms with E-state index in [1.807, 2.05) is 6.20 Å². The Bertz CT molecular complexity index is 428. The lowest BCUT2D eigenvalue weighted by Crippen LogP contribution is -1.93. The standard InChI is InChI=1S/C10H10N2/c1-2-8-4-5-10-11-6-7-12(10)9(8)3-1/h4-7H,1-3H2. The molecule has 2 heterocycles. The molecule has 60 valence electrons. The van der Waals surface area contributed by atoms with Crippen LogP contribution in [0.15, 0.2) is 24.5 Å². The van der Waals surface area contributed by atoms with Crippen LogP contribution in [0, 0.1) is 0 Å². The van der Waals surface area contributed by atoms with Crippen molar-refractivity contribution < 1.29 is 0 Å². The number of aromatic nitrogens is 2. The van der Waals surface area contributed by atoms with Crippen LogP contribution in [-0.2, 0) is 12.8 Å². The van der Waals surface area contributed by atoms with Crippen LogP contribution in [0.4, 0.5) is 0 Å². The third-order valence-electron chi connectivity index (χ3n) is 2.62. The fraction of sp³-hybridized carbons (Fsp3) is 0.300. The second kappa shape index (κ2) is 2.09. The van der Waals surface area contributed by atoms with Gasteiger partial charge in [-0.1, -0.05) is 6.07 Å². The maximum atomic E-state index is 4.26. The molecular formula is C10H10N2. The van der Waals surface area contributed by atoms with E-state index in [-0.39, 0.29) is 0 Å². The Hall–Kier alpha value is -1.31. The summed E-state index contributed by atoms with van der Waals surface area (Å²) in [6.45, 7) is 0. The molecule has 2 aromatic rings. The summed E-state index contributed by atoms with van der Waals surface area (Å²) in [6, 6.07) is 4.31. The number of pyridine rings is 1. The minimum atomic E-state index is 1.08. The SMILES string of the molecule is c1cn2c3c(ccc2n1)CCC3. The topological polar surface area (TPSA) is 17.3 Å². The first-order valence-corrected chi connectivity index (χ1v) is 4.39. The lowest BCUT2D eigenvalue weighted by Gasteiger charge is -2.01. The lowest BCUT2D eigenvalue weighted by molar-refractivity contribution is 0.888. The zero-order valence-corrected chi connectivity index (χ0v) is 6.83. The number of fused-ring (bicyclic) bond motifs is 3. The molecule has 0 N–H and O–H groups in total. The lowest BCUT2D eigenvalue weighted by atomic mass is 10.2. The number of hydrogen-bond acceptors (Lipinski definition) is 1. The van der Waals surface area contributed by atoms with Crippen LogP contribution in [0.3, 0.4) is 0 Å². The smallest absolute Gasteiger partial charge is 0.136 e. The molecule has 0 radical (unpaired) electrons. The van der Waals surface area contributed by atoms with E-state index in [9.17, 15) is 0 Å². The monoisotopic (exact) mass is 158 g/mol. The fourth-order valence-corrected chi connectivity index (χ4v) is 2.05. The second-order valence-electron chi connectivity index (χ2n) is 3.31. The van der Waals surface area contributed by atoms with Crippen molar-refractivity contribution in [2.24, 2.45) is 0 Å². The minimum absolute atomic E-state index is 1.08. The highest BCUT2D eigenvalue weighted by atomic mass is 15.0. The highest BCUT2D eigenvalue weighted by molar-refractivity contribution is 5.44. The van der Waals surface area contributed by atoms with Crippen LogP contribution in [0.2, 0.25) is 0 Å². The zero-order valence-electron chi connectivity index (χ0n) is 6.83. The minimum Gasteiger partial charge on any atom is -0.304 e. The van der Waals surface area contributed by atoms with Gasteiger partial charge in [-0.25, -0.2) is 4.98 Å². The second-order valence-corrected chi connectivity index (χ2v) is 3.31. The average molecular weight is 158 g/mol. The van der Waals surface area contributed by atoms with Crippen LogP contribution < -0.4 is 0 Å². The Labute approximate surface area is 70.9 Å². The van der Waals surface area contributed by atoms with Crippen LogP contribution in [0.5, 0.6) is 0 Å². The van der Waals surface area contributed by atoms with Gasteiger partial charge in [0.05, 0.1) is 0 Å². The number of hydrogen-bond donors (Lipinski definition) is 0. The Morgan fingerprint density at radius 3 is 3.25 bits per heavy atom. The van der Waals surface area contributed by atoms with Crippen LogP contribution >= 0.6 is 0 Å². The Morgan fingerprint density at radius 2 is 2.25 bits per heavy atom. The molecule has 2 aromatic heterocycles. The third kappa shape index (κ3) is 0.670. The van der Waals surface area contributed by atoms with E-state index < -0.39 is 0 Å². The molecule has 0 fully saturated rings. The van der Waals surface area contributed by atoms with Crippen molar-refractivity contribution in [1.29, 1.82) is 0 Å². The van der Waals surface area contributed by atoms with Crippen molar-refractivity contribution in [3.05, 3.63) is 35.8 Å². The molecule has 0 atom stereocenters. The number of aryl methyl sites for hydroxylation is 2. The largest absolute Gasteiger partial charge is 0.304 e. The van der Waals surface area contributed by atoms with Gasteiger partial charge in [-0.15, -0.1) is 0 Å². The van der Waals surface area contributed by atoms with E-state index in [2.05, 4.69) is 27.7 Å². The molecule has 0 saturated carbocycles. The van der Waals surface area contributed by atoms with Gasteiger partial charge >= 0.3 is 0 Å². The van der Waals surface area contributed by atoms with Crippen molar-refractivity contribution in [1.82, 2.24) is 9.38 Å². The first kappa shape index (κ1) is 6.23. The van der Waals surface area contributed by atoms with Crippen molar-refractivity contribution in [3.8, 4) is 0 Å². The molecule has 0 amide bonds. The van der Waals surface area contributed by atoms with E-state index in [0.717, 1.165) is 5.65 Å². The average Bonchev–Trinajstić information content (AvgIpc) is 2.71. The van der Waals surface area contributed by atoms with Gasteiger partial charge in [-0.05, 0) is 30.9 Å². The summed E-state index contributed by atoms with van der Waals surface area (Å²) in [4.78, 5) is 4.26. The molecular weight excluding hydrogens is 148 g/mol. The maximum Gasteiger partial charge on any atom is 0.136 e. The van der Waals surface area contributed by atoms with Crippen molar-refractivity contribution >= 4 is 5.65 Å². The molecule has 12 heavy (non-hydrogen) atoms. The molecule has 0 bridgehead atoms. The van der Waals surface area contributed by atoms with Crippen molar-refractivity contribution in [2.45, 2.75) is 19.3 Å². The zero-order chi connectivity index (χ0) is 7.97. The first-order chi connectivity index (χ1) is 5.95. The highest BCUT2D eigenvalue weighted by Gasteiger charge is 2.13. The number of rotatable bonds is 0. The van der Waals surface area contributed by atoms with Crippen molar-refractivity contribution in [2.75, 3.05) is 0 Å². The Balaban J connectivity index is 2.46. The van der Waals surface area contributed by atoms with Gasteiger partial charge < -0.3 is 4.40 Å². The summed E-state index contributed by atoms with van der Waals surface area (Å²) in [5.41, 5.74) is 4.04. The van der Waals surface area contributed by atoms with Crippen LogP contribution in [0.1, 0.15) is 17.7 Å². The fourth-order valence-electron chi connectivity index (χ4n) is 2.05. The molecule has 0 aliphatic heterocycles. The van der Waals surface area contributed by atoms with E-state index in [0.29, 0.717) is 0 Å². The third-order valence-corrected chi connectivity index (χ3v) is 2.62. The number of nitrogens with zero attached hydrogens (tertiary/aromatic N) is 2. The molecule has 3 rings (SSSR count). The van der Waals surface area contributed by atoms with Gasteiger partial charge in [-0.2, -0.15) is 0 Å². The molecule has 1 aliphatic carbocycles. The summed E-state index contributed by atoms with van der Waals surface area (Å²) >= 11 is 0. The molecule has 2 heteroatoms. The normalized spacial score (nSPS) is 15.3. The van der Waals surface area contributed by atoms with Gasteiger partial charge in [0.1, 0.15) is 5.65 Å². The van der Waals surface area contributed by atoms with E-state index in [1.165, 1.54) is 30.5 Å². The van der Waals surface area contributed by atoms with Crippen LogP contribution in [-0.4, -0.2) is 9.38 Å². The van der Waals surface area contributed by atoms with Crippen LogP contribution in [0.25, 0.3) is 5.65 Å². The predicted octanol–water partition coefficient (Wildman–Crippen LogP) is 1.82. The van der Waals surface area contributed by atoms with Gasteiger partial charge in [0.2, 0.25) is 0 Å². The Morgan fingerprint density at radius 1 is 1.25 bits per heavy atom. The van der Waals surface area contributed by atoms with E-state index >= 15 is 0 Å². The number of imidazole rings is 1. The van der Waals surface area contributed by atoms with E-state index in [4.69, 9.17) is 0 Å². The van der Waals surface area contributed by atoms with E-state index in [1.54, 1.807) is 0 Å². The molecule has 1 aliphatic rings. The Kier molecular flexibility index (Phi) is 1.09. The predicted molar refractivity (Wildman–Crippen MR) is 47.2 cm³/mol.